The smallest absolute Gasteiger partial charge is 0.328 e. The second-order valence-electron chi connectivity index (χ2n) is 14.7. The predicted molar refractivity (Wildman–Crippen MR) is 225 cm³/mol. The number of nitrogens with one attached hydrogen (secondary N) is 8. The predicted octanol–water partition coefficient (Wildman–Crippen LogP) is -10.7. The topological polar surface area (TPSA) is 481 Å². The van der Waals surface area contributed by atoms with E-state index in [2.05, 4.69) is 26.6 Å². The first-order valence-electron chi connectivity index (χ1n) is 20.3. The summed E-state index contributed by atoms with van der Waals surface area (Å²) in [6.07, 6.45) is 1.06. The molecule has 1 fully saturated rings. The summed E-state index contributed by atoms with van der Waals surface area (Å²) in [5.41, 5.74) is 10.7. The zero-order chi connectivity index (χ0) is 50.3. The van der Waals surface area contributed by atoms with Crippen LogP contribution in [0.4, 0.5) is 0 Å². The fraction of sp³-hybridized carbons (Fsp3) is 0.694. The van der Waals surface area contributed by atoms with Crippen LogP contribution in [0.15, 0.2) is 0 Å². The van der Waals surface area contributed by atoms with Crippen molar-refractivity contribution in [3.05, 3.63) is 0 Å². The number of aliphatic hydroxyl groups is 6. The van der Waals surface area contributed by atoms with Crippen LogP contribution in [0.5, 0.6) is 0 Å². The molecule has 19 N–H and O–H groups in total. The van der Waals surface area contributed by atoms with Gasteiger partial charge >= 0.3 is 5.97 Å². The number of likely N-dealkylation sites (tertiary alicyclic amines) is 1. The third kappa shape index (κ3) is 18.6. The van der Waals surface area contributed by atoms with Crippen molar-refractivity contribution in [3.63, 3.8) is 0 Å². The van der Waals surface area contributed by atoms with Gasteiger partial charge in [-0.3, -0.25) is 47.9 Å². The Morgan fingerprint density at radius 3 is 1.29 bits per heavy atom. The lowest BCUT2D eigenvalue weighted by atomic mass is 10.1. The Morgan fingerprint density at radius 1 is 0.561 bits per heavy atom. The SMILES string of the molecule is CSCC[C@H](NC(=O)[C@@H]1CCCN1C(=O)[C@H](CO)NC(=O)[C@H](C)N)C(=O)N[C@@H](CO)C(=O)N[C@@H](CO)C(=O)N[C@@H](CCC(N)=O)C(=O)N[C@@H](CO)C(=O)N[C@@H](CO)C(=O)N[C@@H](CO)C(=O)O. The van der Waals surface area contributed by atoms with E-state index in [0.29, 0.717) is 12.2 Å². The molecule has 0 bridgehead atoms. The van der Waals surface area contributed by atoms with Crippen LogP contribution in [0.2, 0.25) is 0 Å². The number of carboxylic acid groups (broad SMARTS) is 1. The number of nitrogens with two attached hydrogens (primary N) is 2. The molecule has 0 unspecified atom stereocenters. The van der Waals surface area contributed by atoms with Crippen LogP contribution in [0.25, 0.3) is 0 Å². The van der Waals surface area contributed by atoms with Crippen LogP contribution in [0, 0.1) is 0 Å². The van der Waals surface area contributed by atoms with Crippen LogP contribution in [0.3, 0.4) is 0 Å². The number of hydrogen-bond donors (Lipinski definition) is 17. The summed E-state index contributed by atoms with van der Waals surface area (Å²) in [5, 5.41) is 84.6. The minimum atomic E-state index is -1.92. The molecule has 0 radical (unpaired) electrons. The van der Waals surface area contributed by atoms with E-state index in [4.69, 9.17) is 21.7 Å². The molecule has 0 aliphatic carbocycles. The molecule has 10 atom stereocenters. The van der Waals surface area contributed by atoms with Crippen LogP contribution < -0.4 is 54.0 Å². The molecular formula is C36H61N11O18S. The number of thioether (sulfide) groups is 1. The maximum atomic E-state index is 13.5. The molecule has 30 heteroatoms. The highest BCUT2D eigenvalue weighted by molar-refractivity contribution is 7.98. The number of primary amides is 1. The molecule has 0 spiro atoms. The zero-order valence-corrected chi connectivity index (χ0v) is 36.9. The van der Waals surface area contributed by atoms with Crippen LogP contribution in [0.1, 0.15) is 39.0 Å². The van der Waals surface area contributed by atoms with Crippen molar-refractivity contribution in [1.82, 2.24) is 47.4 Å². The maximum absolute atomic E-state index is 13.5. The molecule has 0 saturated carbocycles. The number of rotatable bonds is 30. The molecule has 66 heavy (non-hydrogen) atoms. The van der Waals surface area contributed by atoms with Gasteiger partial charge in [0, 0.05) is 13.0 Å². The average Bonchev–Trinajstić information content (AvgIpc) is 3.78. The highest BCUT2D eigenvalue weighted by Crippen LogP contribution is 2.19. The molecular weight excluding hydrogens is 907 g/mol. The Kier molecular flexibility index (Phi) is 26.2. The van der Waals surface area contributed by atoms with Crippen molar-refractivity contribution in [2.45, 2.75) is 99.4 Å². The second kappa shape index (κ2) is 29.7. The van der Waals surface area contributed by atoms with Crippen LogP contribution in [-0.4, -0.2) is 224 Å². The molecule has 10 amide bonds. The Balaban J connectivity index is 3.13. The highest BCUT2D eigenvalue weighted by atomic mass is 32.2. The van der Waals surface area contributed by atoms with Gasteiger partial charge in [-0.15, -0.1) is 0 Å². The Bertz CT molecular complexity index is 1730. The minimum absolute atomic E-state index is 0.0205. The monoisotopic (exact) mass is 967 g/mol. The van der Waals surface area contributed by atoms with E-state index >= 15 is 0 Å². The number of amides is 10. The van der Waals surface area contributed by atoms with Crippen molar-refractivity contribution in [2.24, 2.45) is 11.5 Å². The van der Waals surface area contributed by atoms with Gasteiger partial charge in [-0.25, -0.2) is 4.79 Å². The Morgan fingerprint density at radius 2 is 0.924 bits per heavy atom. The molecule has 0 aromatic carbocycles. The van der Waals surface area contributed by atoms with E-state index in [1.165, 1.54) is 18.7 Å². The Hall–Kier alpha value is -5.76. The number of nitrogens with zero attached hydrogens (tertiary/aromatic N) is 1. The number of aliphatic carboxylic acids is 1. The van der Waals surface area contributed by atoms with Gasteiger partial charge < -0.3 is 94.6 Å². The standard InChI is InChI=1S/C36H61N11O18S/c1-16(37)27(55)45-23(14-52)35(63)47-8-3-4-25(47)34(62)40-18(7-9-66-2)29(57)42-21(12-50)32(60)43-19(10-48)30(58)39-17(5-6-26(38)54)28(56)41-20(11-49)31(59)44-22(13-51)33(61)46-24(15-53)36(64)65/h16-25,48-53H,3-15,37H2,1-2H3,(H2,38,54)(H,39,58)(H,40,62)(H,41,56)(H,42,57)(H,43,60)(H,44,59)(H,45,55)(H,46,61)(H,64,65)/t16-,17-,18-,19-,20-,21-,22-,23-,24-,25-/m0/s1. The molecule has 0 aromatic heterocycles. The van der Waals surface area contributed by atoms with Gasteiger partial charge in [0.2, 0.25) is 59.1 Å². The fourth-order valence-corrected chi connectivity index (χ4v) is 6.39. The van der Waals surface area contributed by atoms with Gasteiger partial charge in [0.1, 0.15) is 54.4 Å². The normalized spacial score (nSPS) is 17.4. The molecule has 1 aliphatic rings. The third-order valence-electron chi connectivity index (χ3n) is 9.66. The lowest BCUT2D eigenvalue weighted by Gasteiger charge is -2.30. The van der Waals surface area contributed by atoms with Crippen LogP contribution in [-0.2, 0) is 52.7 Å². The summed E-state index contributed by atoms with van der Waals surface area (Å²) < 4.78 is 0. The number of carbonyl (C=O) groups excluding carboxylic acids is 10. The summed E-state index contributed by atoms with van der Waals surface area (Å²) >= 11 is 1.29. The third-order valence-corrected chi connectivity index (χ3v) is 10.3. The average molecular weight is 968 g/mol. The second-order valence-corrected chi connectivity index (χ2v) is 15.7. The minimum Gasteiger partial charge on any atom is -0.480 e. The lowest BCUT2D eigenvalue weighted by molar-refractivity contribution is -0.143. The van der Waals surface area contributed by atoms with Crippen molar-refractivity contribution in [3.8, 4) is 0 Å². The van der Waals surface area contributed by atoms with Crippen molar-refractivity contribution in [2.75, 3.05) is 58.2 Å². The van der Waals surface area contributed by atoms with E-state index in [1.54, 1.807) is 6.26 Å². The lowest BCUT2D eigenvalue weighted by Crippen LogP contribution is -2.62. The van der Waals surface area contributed by atoms with Crippen molar-refractivity contribution >= 4 is 76.8 Å². The van der Waals surface area contributed by atoms with Crippen molar-refractivity contribution in [1.29, 1.82) is 0 Å². The molecule has 1 aliphatic heterocycles. The van der Waals surface area contributed by atoms with Gasteiger partial charge in [0.25, 0.3) is 0 Å². The van der Waals surface area contributed by atoms with Gasteiger partial charge in [-0.2, -0.15) is 11.8 Å². The van der Waals surface area contributed by atoms with Gasteiger partial charge in [0.05, 0.1) is 45.7 Å². The number of hydrogen-bond acceptors (Lipinski definition) is 19. The van der Waals surface area contributed by atoms with Gasteiger partial charge in [-0.1, -0.05) is 0 Å². The number of carboxylic acids is 1. The first-order chi connectivity index (χ1) is 31.1. The summed E-state index contributed by atoms with van der Waals surface area (Å²) in [5.74, 6) is -12.0. The maximum Gasteiger partial charge on any atom is 0.328 e. The quantitative estimate of drug-likeness (QED) is 0.0318. The zero-order valence-electron chi connectivity index (χ0n) is 36.1. The van der Waals surface area contributed by atoms with E-state index in [9.17, 15) is 78.3 Å². The first-order valence-corrected chi connectivity index (χ1v) is 21.7. The van der Waals surface area contributed by atoms with E-state index in [-0.39, 0.29) is 19.4 Å². The summed E-state index contributed by atoms with van der Waals surface area (Å²) in [7, 11) is 0. The summed E-state index contributed by atoms with van der Waals surface area (Å²) in [6, 6.07) is -16.0. The van der Waals surface area contributed by atoms with Gasteiger partial charge in [-0.05, 0) is 44.6 Å². The van der Waals surface area contributed by atoms with E-state index in [1.807, 2.05) is 16.0 Å². The van der Waals surface area contributed by atoms with Crippen LogP contribution >= 0.6 is 11.8 Å². The highest BCUT2D eigenvalue weighted by Gasteiger charge is 2.40. The molecule has 1 saturated heterocycles. The fourth-order valence-electron chi connectivity index (χ4n) is 5.92. The molecule has 29 nitrogen and oxygen atoms in total. The molecule has 1 rings (SSSR count). The first kappa shape index (κ1) is 58.3. The Labute approximate surface area is 381 Å². The van der Waals surface area contributed by atoms with Crippen molar-refractivity contribution < 1.29 is 88.5 Å². The summed E-state index contributed by atoms with van der Waals surface area (Å²) in [6.45, 7) is -4.93. The number of carbonyl (C=O) groups is 11. The number of aliphatic hydroxyl groups excluding tert-OH is 6. The van der Waals surface area contributed by atoms with E-state index in [0.717, 1.165) is 4.90 Å². The largest absolute Gasteiger partial charge is 0.480 e. The van der Waals surface area contributed by atoms with E-state index < -0.39 is 178 Å². The molecule has 1 heterocycles. The van der Waals surface area contributed by atoms with Gasteiger partial charge in [0.15, 0.2) is 0 Å². The summed E-state index contributed by atoms with van der Waals surface area (Å²) in [4.78, 5) is 141. The molecule has 374 valence electrons. The molecule has 0 aromatic rings.